The van der Waals surface area contributed by atoms with Gasteiger partial charge in [0, 0.05) is 11.1 Å². The highest BCUT2D eigenvalue weighted by Gasteiger charge is 2.29. The van der Waals surface area contributed by atoms with Crippen LogP contribution in [0.2, 0.25) is 0 Å². The van der Waals surface area contributed by atoms with Crippen molar-refractivity contribution in [3.63, 3.8) is 0 Å². The molecule has 0 bridgehead atoms. The molecule has 0 spiro atoms. The molecule has 0 atom stereocenters. The number of thiophene rings is 1. The molecule has 4 aromatic heterocycles. The summed E-state index contributed by atoms with van der Waals surface area (Å²) in [6, 6.07) is 5.38. The second-order valence-corrected chi connectivity index (χ2v) is 9.03. The van der Waals surface area contributed by atoms with Gasteiger partial charge in [0.2, 0.25) is 0 Å². The van der Waals surface area contributed by atoms with Crippen LogP contribution in [0.25, 0.3) is 17.1 Å². The Bertz CT molecular complexity index is 1300. The number of nitrogens with one attached hydrogen (secondary N) is 1. The minimum atomic E-state index is -0.396. The van der Waals surface area contributed by atoms with E-state index < -0.39 is 5.97 Å². The number of hydrogen-bond donors (Lipinski definition) is 1. The number of fused-ring (bicyclic) bond motifs is 2. The molecular formula is C23H22N4O4S. The average Bonchev–Trinajstić information content (AvgIpc) is 3.50. The van der Waals surface area contributed by atoms with Crippen LogP contribution in [0.3, 0.4) is 0 Å². The Balaban J connectivity index is 1.51. The number of hydrogen-bond acceptors (Lipinski definition) is 7. The summed E-state index contributed by atoms with van der Waals surface area (Å²) in [4.78, 5) is 31.6. The Kier molecular flexibility index (Phi) is 5.26. The van der Waals surface area contributed by atoms with Gasteiger partial charge in [0.15, 0.2) is 11.4 Å². The Morgan fingerprint density at radius 2 is 2.09 bits per heavy atom. The van der Waals surface area contributed by atoms with E-state index in [2.05, 4.69) is 15.4 Å². The van der Waals surface area contributed by atoms with Crippen LogP contribution in [0, 0.1) is 0 Å². The smallest absolute Gasteiger partial charge is 0.341 e. The Labute approximate surface area is 188 Å². The van der Waals surface area contributed by atoms with Crippen molar-refractivity contribution in [3.05, 3.63) is 58.4 Å². The number of aromatic nitrogens is 3. The lowest BCUT2D eigenvalue weighted by atomic mass is 9.95. The standard InChI is InChI=1S/C23H22N4O4S/c1-13(2)31-23(29)19-14-6-3-4-8-18(14)32-22(19)26-21(28)15-12-25-27-16(9-10-24-20(15)27)17-7-5-11-30-17/h5,7,9-13H,3-4,6,8H2,1-2H3,(H,26,28). The number of aryl methyl sites for hydroxylation is 1. The maximum atomic E-state index is 13.2. The van der Waals surface area contributed by atoms with E-state index in [4.69, 9.17) is 9.15 Å². The van der Waals surface area contributed by atoms with E-state index in [1.54, 1.807) is 29.1 Å². The molecule has 1 aliphatic rings. The molecule has 164 valence electrons. The molecule has 4 heterocycles. The molecule has 9 heteroatoms. The second kappa shape index (κ2) is 8.23. The summed E-state index contributed by atoms with van der Waals surface area (Å²) < 4.78 is 12.5. The van der Waals surface area contributed by atoms with Gasteiger partial charge < -0.3 is 14.5 Å². The van der Waals surface area contributed by atoms with Crippen LogP contribution in [0.4, 0.5) is 5.00 Å². The second-order valence-electron chi connectivity index (χ2n) is 7.92. The summed E-state index contributed by atoms with van der Waals surface area (Å²) in [6.45, 7) is 3.63. The third-order valence-electron chi connectivity index (χ3n) is 5.36. The highest BCUT2D eigenvalue weighted by Crippen LogP contribution is 2.39. The van der Waals surface area contributed by atoms with Gasteiger partial charge in [0.25, 0.3) is 5.91 Å². The molecule has 0 saturated carbocycles. The summed E-state index contributed by atoms with van der Waals surface area (Å²) >= 11 is 1.45. The highest BCUT2D eigenvalue weighted by atomic mass is 32.1. The van der Waals surface area contributed by atoms with Crippen LogP contribution < -0.4 is 5.32 Å². The number of nitrogens with zero attached hydrogens (tertiary/aromatic N) is 3. The first kappa shape index (κ1) is 20.4. The molecule has 5 rings (SSSR count). The van der Waals surface area contributed by atoms with E-state index in [1.165, 1.54) is 17.5 Å². The lowest BCUT2D eigenvalue weighted by molar-refractivity contribution is 0.0378. The molecule has 1 N–H and O–H groups in total. The van der Waals surface area contributed by atoms with Crippen LogP contribution in [-0.2, 0) is 17.6 Å². The Hall–Kier alpha value is -3.46. The average molecular weight is 451 g/mol. The quantitative estimate of drug-likeness (QED) is 0.441. The van der Waals surface area contributed by atoms with Gasteiger partial charge >= 0.3 is 5.97 Å². The number of carbonyl (C=O) groups is 2. The van der Waals surface area contributed by atoms with Crippen LogP contribution in [0.5, 0.6) is 0 Å². The van der Waals surface area contributed by atoms with E-state index in [-0.39, 0.29) is 12.0 Å². The molecule has 0 radical (unpaired) electrons. The van der Waals surface area contributed by atoms with Crippen molar-refractivity contribution in [2.24, 2.45) is 0 Å². The number of furan rings is 1. The van der Waals surface area contributed by atoms with Gasteiger partial charge in [0.05, 0.1) is 24.1 Å². The van der Waals surface area contributed by atoms with Crippen LogP contribution >= 0.6 is 11.3 Å². The zero-order valence-corrected chi connectivity index (χ0v) is 18.6. The predicted octanol–water partition coefficient (Wildman–Crippen LogP) is 4.75. The fourth-order valence-corrected chi connectivity index (χ4v) is 5.25. The Morgan fingerprint density at radius 1 is 1.25 bits per heavy atom. The molecule has 1 aliphatic carbocycles. The number of amides is 1. The zero-order valence-electron chi connectivity index (χ0n) is 17.8. The predicted molar refractivity (Wildman–Crippen MR) is 120 cm³/mol. The minimum Gasteiger partial charge on any atom is -0.463 e. The summed E-state index contributed by atoms with van der Waals surface area (Å²) in [5.74, 6) is -0.147. The minimum absolute atomic E-state index is 0.242. The lowest BCUT2D eigenvalue weighted by Crippen LogP contribution is -2.18. The summed E-state index contributed by atoms with van der Waals surface area (Å²) in [7, 11) is 0. The number of anilines is 1. The maximum absolute atomic E-state index is 13.2. The highest BCUT2D eigenvalue weighted by molar-refractivity contribution is 7.17. The molecular weight excluding hydrogens is 428 g/mol. The maximum Gasteiger partial charge on any atom is 0.341 e. The number of ether oxygens (including phenoxy) is 1. The molecule has 0 aromatic carbocycles. The van der Waals surface area contributed by atoms with E-state index in [0.29, 0.717) is 33.2 Å². The summed E-state index contributed by atoms with van der Waals surface area (Å²) in [5, 5.41) is 7.80. The molecule has 8 nitrogen and oxygen atoms in total. The van der Waals surface area contributed by atoms with E-state index >= 15 is 0 Å². The monoisotopic (exact) mass is 450 g/mol. The number of esters is 1. The van der Waals surface area contributed by atoms with E-state index in [0.717, 1.165) is 36.1 Å². The largest absolute Gasteiger partial charge is 0.463 e. The molecule has 0 unspecified atom stereocenters. The van der Waals surface area contributed by atoms with E-state index in [1.807, 2.05) is 19.9 Å². The zero-order chi connectivity index (χ0) is 22.2. The molecule has 0 fully saturated rings. The van der Waals surface area contributed by atoms with Crippen molar-refractivity contribution in [2.45, 2.75) is 45.6 Å². The number of rotatable bonds is 5. The fraction of sp³-hybridized carbons (Fsp3) is 0.304. The van der Waals surface area contributed by atoms with Crippen molar-refractivity contribution in [1.29, 1.82) is 0 Å². The topological polar surface area (TPSA) is 98.7 Å². The van der Waals surface area contributed by atoms with Gasteiger partial charge in [0.1, 0.15) is 16.3 Å². The molecule has 1 amide bonds. The summed E-state index contributed by atoms with van der Waals surface area (Å²) in [5.41, 5.74) is 2.89. The number of carbonyl (C=O) groups excluding carboxylic acids is 2. The van der Waals surface area contributed by atoms with Gasteiger partial charge in [-0.2, -0.15) is 5.10 Å². The van der Waals surface area contributed by atoms with Crippen molar-refractivity contribution in [2.75, 3.05) is 5.32 Å². The Morgan fingerprint density at radius 3 is 2.88 bits per heavy atom. The summed E-state index contributed by atoms with van der Waals surface area (Å²) in [6.07, 6.45) is 8.24. The van der Waals surface area contributed by atoms with Crippen LogP contribution in [-0.4, -0.2) is 32.6 Å². The molecule has 0 aliphatic heterocycles. The molecule has 0 saturated heterocycles. The van der Waals surface area contributed by atoms with Crippen molar-refractivity contribution < 1.29 is 18.7 Å². The lowest BCUT2D eigenvalue weighted by Gasteiger charge is -2.14. The van der Waals surface area contributed by atoms with Crippen LogP contribution in [0.15, 0.2) is 41.3 Å². The van der Waals surface area contributed by atoms with Crippen molar-refractivity contribution in [3.8, 4) is 11.5 Å². The first-order valence-electron chi connectivity index (χ1n) is 10.6. The first-order valence-corrected chi connectivity index (χ1v) is 11.4. The molecule has 4 aromatic rings. The normalized spacial score (nSPS) is 13.3. The van der Waals surface area contributed by atoms with Gasteiger partial charge in [-0.15, -0.1) is 11.3 Å². The van der Waals surface area contributed by atoms with E-state index in [9.17, 15) is 9.59 Å². The third kappa shape index (κ3) is 3.58. The van der Waals surface area contributed by atoms with Crippen molar-refractivity contribution >= 4 is 33.9 Å². The van der Waals surface area contributed by atoms with Gasteiger partial charge in [-0.1, -0.05) is 0 Å². The van der Waals surface area contributed by atoms with Crippen LogP contribution in [0.1, 0.15) is 57.8 Å². The first-order chi connectivity index (χ1) is 15.5. The fourth-order valence-electron chi connectivity index (χ4n) is 3.98. The van der Waals surface area contributed by atoms with Gasteiger partial charge in [-0.3, -0.25) is 4.79 Å². The molecule has 32 heavy (non-hydrogen) atoms. The van der Waals surface area contributed by atoms with Gasteiger partial charge in [-0.05, 0) is 63.3 Å². The third-order valence-corrected chi connectivity index (χ3v) is 6.57. The SMILES string of the molecule is CC(C)OC(=O)c1c(NC(=O)c2cnn3c(-c4ccco4)ccnc23)sc2c1CCCC2. The van der Waals surface area contributed by atoms with Gasteiger partial charge in [-0.25, -0.2) is 14.3 Å². The van der Waals surface area contributed by atoms with Crippen molar-refractivity contribution in [1.82, 2.24) is 14.6 Å².